The van der Waals surface area contributed by atoms with Crippen molar-refractivity contribution in [1.29, 1.82) is 0 Å². The zero-order chi connectivity index (χ0) is 13.6. The minimum Gasteiger partial charge on any atom is -0.326 e. The monoisotopic (exact) mass is 321 g/mol. The van der Waals surface area contributed by atoms with Crippen LogP contribution in [0.2, 0.25) is 0 Å². The number of rotatable bonds is 2. The lowest BCUT2D eigenvalue weighted by Gasteiger charge is -2.02. The first kappa shape index (κ1) is 12.2. The second kappa shape index (κ2) is 4.34. The van der Waals surface area contributed by atoms with Gasteiger partial charge in [0.2, 0.25) is 0 Å². The van der Waals surface area contributed by atoms with Gasteiger partial charge in [-0.15, -0.1) is 0 Å². The molecule has 3 aromatic heterocycles. The van der Waals surface area contributed by atoms with Gasteiger partial charge in [0.15, 0.2) is 0 Å². The molecule has 0 saturated carbocycles. The lowest BCUT2D eigenvalue weighted by molar-refractivity contribution is 0.700. The Kier molecular flexibility index (Phi) is 2.78. The largest absolute Gasteiger partial charge is 0.353 e. The molecule has 0 atom stereocenters. The zero-order valence-electron chi connectivity index (χ0n) is 10.5. The number of hydrogen-bond acceptors (Lipinski definition) is 3. The van der Waals surface area contributed by atoms with Gasteiger partial charge in [-0.25, -0.2) is 9.78 Å². The highest BCUT2D eigenvalue weighted by molar-refractivity contribution is 9.10. The molecule has 0 aliphatic rings. The average molecular weight is 322 g/mol. The van der Waals surface area contributed by atoms with Gasteiger partial charge in [-0.1, -0.05) is 0 Å². The van der Waals surface area contributed by atoms with Gasteiger partial charge in [-0.3, -0.25) is 9.08 Å². The van der Waals surface area contributed by atoms with Gasteiger partial charge >= 0.3 is 5.69 Å². The van der Waals surface area contributed by atoms with Gasteiger partial charge in [-0.2, -0.15) is 5.10 Å². The van der Waals surface area contributed by atoms with E-state index < -0.39 is 0 Å². The lowest BCUT2D eigenvalue weighted by atomic mass is 10.3. The average Bonchev–Trinajstić information content (AvgIpc) is 2.90. The molecule has 0 bridgehead atoms. The van der Waals surface area contributed by atoms with Crippen LogP contribution in [-0.2, 0) is 13.6 Å². The Morgan fingerprint density at radius 3 is 2.84 bits per heavy atom. The van der Waals surface area contributed by atoms with E-state index in [1.54, 1.807) is 6.20 Å². The Balaban J connectivity index is 2.09. The molecule has 7 heteroatoms. The van der Waals surface area contributed by atoms with Crippen molar-refractivity contribution < 1.29 is 0 Å². The van der Waals surface area contributed by atoms with Crippen LogP contribution in [0.25, 0.3) is 5.65 Å². The molecule has 0 aliphatic carbocycles. The van der Waals surface area contributed by atoms with Crippen LogP contribution in [0.1, 0.15) is 11.4 Å². The van der Waals surface area contributed by atoms with Crippen LogP contribution in [0.5, 0.6) is 0 Å². The summed E-state index contributed by atoms with van der Waals surface area (Å²) in [4.78, 5) is 15.3. The molecule has 0 aromatic carbocycles. The predicted molar refractivity (Wildman–Crippen MR) is 74.2 cm³/mol. The van der Waals surface area contributed by atoms with Crippen LogP contribution in [0, 0.1) is 6.92 Å². The second-order valence-corrected chi connectivity index (χ2v) is 5.14. The predicted octanol–water partition coefficient (Wildman–Crippen LogP) is 1.35. The third kappa shape index (κ3) is 1.90. The fourth-order valence-electron chi connectivity index (χ4n) is 2.05. The molecule has 0 fully saturated rings. The third-order valence-electron chi connectivity index (χ3n) is 3.20. The third-order valence-corrected chi connectivity index (χ3v) is 4.23. The summed E-state index contributed by atoms with van der Waals surface area (Å²) in [5.74, 6) is 0. The van der Waals surface area contributed by atoms with E-state index in [1.807, 2.05) is 35.5 Å². The van der Waals surface area contributed by atoms with Crippen LogP contribution >= 0.6 is 15.9 Å². The SMILES string of the molecule is Cc1c(Br)c(Cn2ccn3c(=O)nccc23)nn1C. The normalized spacial score (nSPS) is 11.3. The van der Waals surface area contributed by atoms with Gasteiger partial charge in [0.25, 0.3) is 0 Å². The summed E-state index contributed by atoms with van der Waals surface area (Å²) in [7, 11) is 1.91. The van der Waals surface area contributed by atoms with Crippen LogP contribution in [0.4, 0.5) is 0 Å². The van der Waals surface area contributed by atoms with Crippen LogP contribution in [-0.4, -0.2) is 23.7 Å². The molecular formula is C12H12BrN5O. The van der Waals surface area contributed by atoms with Crippen molar-refractivity contribution in [2.24, 2.45) is 7.05 Å². The molecule has 6 nitrogen and oxygen atoms in total. The van der Waals surface area contributed by atoms with E-state index in [9.17, 15) is 4.79 Å². The van der Waals surface area contributed by atoms with Crippen molar-refractivity contribution in [3.05, 3.63) is 51.0 Å². The maximum Gasteiger partial charge on any atom is 0.353 e. The van der Waals surface area contributed by atoms with Crippen LogP contribution < -0.4 is 5.69 Å². The molecule has 0 aliphatic heterocycles. The Labute approximate surface area is 117 Å². The molecule has 0 unspecified atom stereocenters. The first-order valence-electron chi connectivity index (χ1n) is 5.78. The number of halogens is 1. The summed E-state index contributed by atoms with van der Waals surface area (Å²) in [5, 5.41) is 4.46. The highest BCUT2D eigenvalue weighted by Crippen LogP contribution is 2.21. The van der Waals surface area contributed by atoms with Gasteiger partial charge in [0, 0.05) is 31.3 Å². The zero-order valence-corrected chi connectivity index (χ0v) is 12.1. The standard InChI is InChI=1S/C12H12BrN5O/c1-8-11(13)9(15-16(8)2)7-17-5-6-18-10(17)3-4-14-12(18)19/h3-6H,7H2,1-2H3. The van der Waals surface area contributed by atoms with E-state index in [0.717, 1.165) is 21.5 Å². The Hall–Kier alpha value is -1.89. The maximum absolute atomic E-state index is 11.6. The summed E-state index contributed by atoms with van der Waals surface area (Å²) >= 11 is 3.55. The molecule has 0 radical (unpaired) electrons. The summed E-state index contributed by atoms with van der Waals surface area (Å²) in [6.45, 7) is 2.60. The molecule has 3 aromatic rings. The number of imidazole rings is 1. The van der Waals surface area contributed by atoms with Crippen molar-refractivity contribution in [2.45, 2.75) is 13.5 Å². The first-order valence-corrected chi connectivity index (χ1v) is 6.57. The van der Waals surface area contributed by atoms with Crippen LogP contribution in [0.3, 0.4) is 0 Å². The minimum absolute atomic E-state index is 0.271. The van der Waals surface area contributed by atoms with E-state index in [0.29, 0.717) is 6.54 Å². The molecule has 0 spiro atoms. The Bertz CT molecular complexity index is 813. The molecular weight excluding hydrogens is 310 g/mol. The van der Waals surface area contributed by atoms with E-state index >= 15 is 0 Å². The van der Waals surface area contributed by atoms with E-state index in [4.69, 9.17) is 0 Å². The van der Waals surface area contributed by atoms with Crippen molar-refractivity contribution >= 4 is 21.6 Å². The van der Waals surface area contributed by atoms with Crippen molar-refractivity contribution in [2.75, 3.05) is 0 Å². The molecule has 3 heterocycles. The van der Waals surface area contributed by atoms with Crippen LogP contribution in [0.15, 0.2) is 33.9 Å². The molecule has 0 N–H and O–H groups in total. The summed E-state index contributed by atoms with van der Waals surface area (Å²) in [6, 6.07) is 1.81. The number of aromatic nitrogens is 5. The highest BCUT2D eigenvalue weighted by Gasteiger charge is 2.12. The van der Waals surface area contributed by atoms with Gasteiger partial charge < -0.3 is 4.57 Å². The fraction of sp³-hybridized carbons (Fsp3) is 0.250. The van der Waals surface area contributed by atoms with E-state index in [-0.39, 0.29) is 5.69 Å². The Morgan fingerprint density at radius 2 is 2.16 bits per heavy atom. The Morgan fingerprint density at radius 1 is 1.37 bits per heavy atom. The number of aryl methyl sites for hydroxylation is 1. The highest BCUT2D eigenvalue weighted by atomic mass is 79.9. The van der Waals surface area contributed by atoms with Crippen molar-refractivity contribution in [1.82, 2.24) is 23.7 Å². The quantitative estimate of drug-likeness (QED) is 0.716. The smallest absolute Gasteiger partial charge is 0.326 e. The minimum atomic E-state index is -0.271. The van der Waals surface area contributed by atoms with E-state index in [1.165, 1.54) is 10.6 Å². The molecule has 98 valence electrons. The number of fused-ring (bicyclic) bond motifs is 1. The summed E-state index contributed by atoms with van der Waals surface area (Å²) in [6.07, 6.45) is 5.09. The first-order chi connectivity index (χ1) is 9.08. The topological polar surface area (TPSA) is 57.1 Å². The van der Waals surface area contributed by atoms with Crippen molar-refractivity contribution in [3.8, 4) is 0 Å². The second-order valence-electron chi connectivity index (χ2n) is 4.35. The summed E-state index contributed by atoms with van der Waals surface area (Å²) in [5.41, 5.74) is 2.54. The molecule has 3 rings (SSSR count). The summed E-state index contributed by atoms with van der Waals surface area (Å²) < 4.78 is 6.32. The maximum atomic E-state index is 11.6. The molecule has 19 heavy (non-hydrogen) atoms. The lowest BCUT2D eigenvalue weighted by Crippen LogP contribution is -2.15. The van der Waals surface area contributed by atoms with Gasteiger partial charge in [0.1, 0.15) is 5.65 Å². The fourth-order valence-corrected chi connectivity index (χ4v) is 2.51. The molecule has 0 saturated heterocycles. The number of nitrogens with zero attached hydrogens (tertiary/aromatic N) is 5. The number of hydrogen-bond donors (Lipinski definition) is 0. The van der Waals surface area contributed by atoms with Gasteiger partial charge in [0.05, 0.1) is 16.7 Å². The van der Waals surface area contributed by atoms with Gasteiger partial charge in [-0.05, 0) is 28.9 Å². The molecule has 0 amide bonds. The van der Waals surface area contributed by atoms with Crippen molar-refractivity contribution in [3.63, 3.8) is 0 Å². The van der Waals surface area contributed by atoms with E-state index in [2.05, 4.69) is 26.0 Å².